The third-order valence-corrected chi connectivity index (χ3v) is 2.93. The molecular formula is C10H17F3O. The summed E-state index contributed by atoms with van der Waals surface area (Å²) in [7, 11) is 0. The lowest BCUT2D eigenvalue weighted by Crippen LogP contribution is -2.54. The van der Waals surface area contributed by atoms with Gasteiger partial charge in [0.15, 0.2) is 5.60 Å². The van der Waals surface area contributed by atoms with Gasteiger partial charge in [-0.2, -0.15) is 13.2 Å². The van der Waals surface area contributed by atoms with E-state index >= 15 is 0 Å². The van der Waals surface area contributed by atoms with Crippen LogP contribution in [0.25, 0.3) is 0 Å². The highest BCUT2D eigenvalue weighted by molar-refractivity contribution is 4.95. The van der Waals surface area contributed by atoms with Crippen molar-refractivity contribution in [2.24, 2.45) is 5.92 Å². The fourth-order valence-corrected chi connectivity index (χ4v) is 1.84. The SMILES string of the molecule is CC(C)OC(C)(C1CCC1)C(F)(F)F. The third-order valence-electron chi connectivity index (χ3n) is 2.93. The Morgan fingerprint density at radius 2 is 1.71 bits per heavy atom. The van der Waals surface area contributed by atoms with Gasteiger partial charge < -0.3 is 4.74 Å². The number of alkyl halides is 3. The lowest BCUT2D eigenvalue weighted by atomic mass is 9.73. The molecule has 0 saturated heterocycles. The molecule has 0 aromatic rings. The maximum atomic E-state index is 12.8. The van der Waals surface area contributed by atoms with Gasteiger partial charge in [0.25, 0.3) is 0 Å². The zero-order valence-electron chi connectivity index (χ0n) is 8.82. The van der Waals surface area contributed by atoms with Crippen LogP contribution in [-0.4, -0.2) is 17.9 Å². The van der Waals surface area contributed by atoms with Gasteiger partial charge in [-0.1, -0.05) is 6.42 Å². The van der Waals surface area contributed by atoms with E-state index in [2.05, 4.69) is 0 Å². The van der Waals surface area contributed by atoms with Crippen LogP contribution in [-0.2, 0) is 4.74 Å². The van der Waals surface area contributed by atoms with Crippen LogP contribution in [0.3, 0.4) is 0 Å². The maximum absolute atomic E-state index is 12.8. The first-order valence-electron chi connectivity index (χ1n) is 5.02. The topological polar surface area (TPSA) is 9.23 Å². The first-order valence-corrected chi connectivity index (χ1v) is 5.02. The van der Waals surface area contributed by atoms with Crippen LogP contribution >= 0.6 is 0 Å². The molecule has 4 heteroatoms. The molecule has 1 aliphatic carbocycles. The molecule has 0 radical (unpaired) electrons. The Morgan fingerprint density at radius 1 is 1.21 bits per heavy atom. The van der Waals surface area contributed by atoms with Crippen molar-refractivity contribution in [2.45, 2.75) is 57.9 Å². The van der Waals surface area contributed by atoms with E-state index in [4.69, 9.17) is 4.74 Å². The quantitative estimate of drug-likeness (QED) is 0.692. The van der Waals surface area contributed by atoms with Crippen molar-refractivity contribution >= 4 is 0 Å². The number of hydrogen-bond acceptors (Lipinski definition) is 1. The van der Waals surface area contributed by atoms with Crippen molar-refractivity contribution in [1.29, 1.82) is 0 Å². The summed E-state index contributed by atoms with van der Waals surface area (Å²) in [5.41, 5.74) is -1.95. The van der Waals surface area contributed by atoms with E-state index in [9.17, 15) is 13.2 Å². The fraction of sp³-hybridized carbons (Fsp3) is 1.00. The smallest absolute Gasteiger partial charge is 0.363 e. The van der Waals surface area contributed by atoms with E-state index in [1.807, 2.05) is 0 Å². The van der Waals surface area contributed by atoms with E-state index in [1.54, 1.807) is 13.8 Å². The minimum atomic E-state index is -4.26. The van der Waals surface area contributed by atoms with Gasteiger partial charge in [0, 0.05) is 0 Å². The zero-order chi connectivity index (χ0) is 11.0. The number of rotatable bonds is 3. The summed E-state index contributed by atoms with van der Waals surface area (Å²) in [6.07, 6.45) is -2.51. The standard InChI is InChI=1S/C10H17F3O/c1-7(2)14-9(3,10(11,12)13)8-5-4-6-8/h7-8H,4-6H2,1-3H3. The molecule has 14 heavy (non-hydrogen) atoms. The normalized spacial score (nSPS) is 23.4. The number of halogens is 3. The Kier molecular flexibility index (Phi) is 3.14. The second kappa shape index (κ2) is 3.72. The summed E-state index contributed by atoms with van der Waals surface area (Å²) < 4.78 is 43.5. The molecule has 1 aliphatic rings. The van der Waals surface area contributed by atoms with E-state index < -0.39 is 11.8 Å². The molecule has 0 bridgehead atoms. The van der Waals surface area contributed by atoms with Crippen LogP contribution < -0.4 is 0 Å². The zero-order valence-corrected chi connectivity index (χ0v) is 8.82. The minimum Gasteiger partial charge on any atom is -0.363 e. The lowest BCUT2D eigenvalue weighted by Gasteiger charge is -2.44. The number of hydrogen-bond donors (Lipinski definition) is 0. The van der Waals surface area contributed by atoms with Gasteiger partial charge >= 0.3 is 6.18 Å². The summed E-state index contributed by atoms with van der Waals surface area (Å²) in [6, 6.07) is 0. The van der Waals surface area contributed by atoms with Crippen molar-refractivity contribution in [1.82, 2.24) is 0 Å². The van der Waals surface area contributed by atoms with Gasteiger partial charge in [0.1, 0.15) is 0 Å². The molecule has 0 amide bonds. The van der Waals surface area contributed by atoms with Crippen LogP contribution in [0.5, 0.6) is 0 Å². The largest absolute Gasteiger partial charge is 0.417 e. The summed E-state index contributed by atoms with van der Waals surface area (Å²) in [5, 5.41) is 0. The van der Waals surface area contributed by atoms with Crippen LogP contribution in [0.1, 0.15) is 40.0 Å². The van der Waals surface area contributed by atoms with E-state index in [0.29, 0.717) is 12.8 Å². The monoisotopic (exact) mass is 210 g/mol. The average Bonchev–Trinajstić information content (AvgIpc) is 1.76. The van der Waals surface area contributed by atoms with Gasteiger partial charge in [-0.15, -0.1) is 0 Å². The summed E-state index contributed by atoms with van der Waals surface area (Å²) in [5.74, 6) is -0.357. The minimum absolute atomic E-state index is 0.357. The van der Waals surface area contributed by atoms with Crippen LogP contribution in [0, 0.1) is 5.92 Å². The second-order valence-electron chi connectivity index (χ2n) is 4.40. The van der Waals surface area contributed by atoms with Gasteiger partial charge in [-0.05, 0) is 39.5 Å². The Bertz CT molecular complexity index is 196. The van der Waals surface area contributed by atoms with Crippen molar-refractivity contribution in [3.63, 3.8) is 0 Å². The van der Waals surface area contributed by atoms with Gasteiger partial charge in [0.05, 0.1) is 6.10 Å². The highest BCUT2D eigenvalue weighted by Crippen LogP contribution is 2.48. The molecular weight excluding hydrogens is 193 g/mol. The fourth-order valence-electron chi connectivity index (χ4n) is 1.84. The summed E-state index contributed by atoms with van der Waals surface area (Å²) in [6.45, 7) is 4.46. The summed E-state index contributed by atoms with van der Waals surface area (Å²) >= 11 is 0. The number of ether oxygens (including phenoxy) is 1. The van der Waals surface area contributed by atoms with Crippen LogP contribution in [0.2, 0.25) is 0 Å². The predicted molar refractivity (Wildman–Crippen MR) is 48.0 cm³/mol. The summed E-state index contributed by atoms with van der Waals surface area (Å²) in [4.78, 5) is 0. The Balaban J connectivity index is 2.77. The Morgan fingerprint density at radius 3 is 1.93 bits per heavy atom. The van der Waals surface area contributed by atoms with E-state index in [-0.39, 0.29) is 12.0 Å². The Hall–Kier alpha value is -0.250. The molecule has 0 aliphatic heterocycles. The van der Waals surface area contributed by atoms with Gasteiger partial charge in [0.2, 0.25) is 0 Å². The molecule has 84 valence electrons. The molecule has 0 aromatic carbocycles. The first kappa shape index (κ1) is 11.8. The van der Waals surface area contributed by atoms with Gasteiger partial charge in [-0.3, -0.25) is 0 Å². The van der Waals surface area contributed by atoms with Crippen molar-refractivity contribution in [2.75, 3.05) is 0 Å². The molecule has 1 fully saturated rings. The third kappa shape index (κ3) is 2.05. The average molecular weight is 210 g/mol. The highest BCUT2D eigenvalue weighted by atomic mass is 19.4. The predicted octanol–water partition coefficient (Wildman–Crippen LogP) is 3.53. The van der Waals surface area contributed by atoms with E-state index in [0.717, 1.165) is 6.42 Å². The molecule has 1 rings (SSSR count). The molecule has 1 unspecified atom stereocenters. The van der Waals surface area contributed by atoms with Crippen molar-refractivity contribution < 1.29 is 17.9 Å². The first-order chi connectivity index (χ1) is 6.27. The molecule has 1 saturated carbocycles. The van der Waals surface area contributed by atoms with Crippen LogP contribution in [0.15, 0.2) is 0 Å². The Labute approximate surface area is 82.6 Å². The van der Waals surface area contributed by atoms with E-state index in [1.165, 1.54) is 6.92 Å². The molecule has 0 heterocycles. The molecule has 1 nitrogen and oxygen atoms in total. The highest BCUT2D eigenvalue weighted by Gasteiger charge is 2.58. The van der Waals surface area contributed by atoms with Crippen molar-refractivity contribution in [3.05, 3.63) is 0 Å². The molecule has 0 N–H and O–H groups in total. The maximum Gasteiger partial charge on any atom is 0.417 e. The van der Waals surface area contributed by atoms with Crippen molar-refractivity contribution in [3.8, 4) is 0 Å². The molecule has 0 aromatic heterocycles. The van der Waals surface area contributed by atoms with Gasteiger partial charge in [-0.25, -0.2) is 0 Å². The molecule has 0 spiro atoms. The second-order valence-corrected chi connectivity index (χ2v) is 4.40. The molecule has 1 atom stereocenters. The lowest BCUT2D eigenvalue weighted by molar-refractivity contribution is -0.307. The van der Waals surface area contributed by atoms with Crippen LogP contribution in [0.4, 0.5) is 13.2 Å².